The molecule has 3 aromatic heterocycles. The number of aryl methyl sites for hydroxylation is 3. The van der Waals surface area contributed by atoms with E-state index in [1.807, 2.05) is 31.7 Å². The molecule has 1 aliphatic rings. The number of rotatable bonds is 0. The smallest absolute Gasteiger partial charge is 0.288 e. The Morgan fingerprint density at radius 1 is 1.22 bits per heavy atom. The summed E-state index contributed by atoms with van der Waals surface area (Å²) < 4.78 is 8.37. The molecule has 0 atom stereocenters. The summed E-state index contributed by atoms with van der Waals surface area (Å²) in [7, 11) is 2.04. The molecule has 0 saturated carbocycles. The van der Waals surface area contributed by atoms with E-state index in [9.17, 15) is 0 Å². The molecular weight excluding hydrogens is 306 g/mol. The second-order valence-corrected chi connectivity index (χ2v) is 7.12. The van der Waals surface area contributed by atoms with E-state index >= 15 is 0 Å². The largest absolute Gasteiger partial charge is 0.454 e. The first-order chi connectivity index (χ1) is 11.1. The monoisotopic (exact) mass is 320 g/mol. The molecule has 0 saturated heterocycles. The third kappa shape index (κ3) is 1.57. The van der Waals surface area contributed by atoms with Crippen molar-refractivity contribution in [2.75, 3.05) is 0 Å². The average molecular weight is 320 g/mol. The van der Waals surface area contributed by atoms with Crippen LogP contribution in [0.1, 0.15) is 10.4 Å². The minimum absolute atomic E-state index is 0.880. The predicted molar refractivity (Wildman–Crippen MR) is 91.1 cm³/mol. The molecule has 0 amide bonds. The van der Waals surface area contributed by atoms with Crippen molar-refractivity contribution in [3.8, 4) is 22.8 Å². The molecule has 4 nitrogen and oxygen atoms in total. The van der Waals surface area contributed by atoms with E-state index in [1.54, 1.807) is 11.3 Å². The van der Waals surface area contributed by atoms with E-state index < -0.39 is 0 Å². The van der Waals surface area contributed by atoms with Crippen molar-refractivity contribution in [3.63, 3.8) is 0 Å². The van der Waals surface area contributed by atoms with Crippen LogP contribution in [0.4, 0.5) is 0 Å². The van der Waals surface area contributed by atoms with Gasteiger partial charge in [-0.1, -0.05) is 17.4 Å². The second-order valence-electron chi connectivity index (χ2n) is 5.92. The topological polar surface area (TPSA) is 38.9 Å². The summed E-state index contributed by atoms with van der Waals surface area (Å²) >= 11 is 1.68. The first-order valence-corrected chi connectivity index (χ1v) is 8.31. The van der Waals surface area contributed by atoms with Crippen molar-refractivity contribution in [1.82, 2.24) is 9.97 Å². The summed E-state index contributed by atoms with van der Waals surface area (Å²) in [6.45, 7) is 4.23. The van der Waals surface area contributed by atoms with Crippen molar-refractivity contribution in [2.45, 2.75) is 13.8 Å². The first-order valence-electron chi connectivity index (χ1n) is 7.49. The molecular formula is C18H14N3OS+. The van der Waals surface area contributed by atoms with Crippen LogP contribution < -0.4 is 9.30 Å². The van der Waals surface area contributed by atoms with Gasteiger partial charge in [-0.25, -0.2) is 4.57 Å². The summed E-state index contributed by atoms with van der Waals surface area (Å²) in [5.74, 6) is 1.82. The number of hydrogen-bond donors (Lipinski definition) is 0. The number of fused-ring (bicyclic) bond motifs is 3. The van der Waals surface area contributed by atoms with Crippen LogP contribution in [0.15, 0.2) is 30.7 Å². The highest BCUT2D eigenvalue weighted by Gasteiger charge is 2.32. The van der Waals surface area contributed by atoms with Crippen LogP contribution in [-0.4, -0.2) is 9.97 Å². The summed E-state index contributed by atoms with van der Waals surface area (Å²) in [6.07, 6.45) is 3.71. The lowest BCUT2D eigenvalue weighted by Gasteiger charge is -2.20. The fourth-order valence-corrected chi connectivity index (χ4v) is 4.38. The van der Waals surface area contributed by atoms with E-state index in [0.717, 1.165) is 43.1 Å². The van der Waals surface area contributed by atoms with Crippen molar-refractivity contribution in [2.24, 2.45) is 7.05 Å². The summed E-state index contributed by atoms with van der Waals surface area (Å²) in [6, 6.07) is 6.14. The van der Waals surface area contributed by atoms with Crippen LogP contribution in [-0.2, 0) is 7.05 Å². The van der Waals surface area contributed by atoms with Crippen molar-refractivity contribution < 1.29 is 9.30 Å². The van der Waals surface area contributed by atoms with Gasteiger partial charge < -0.3 is 4.74 Å². The van der Waals surface area contributed by atoms with Crippen LogP contribution in [0.25, 0.3) is 32.4 Å². The number of ether oxygens (including phenoxy) is 1. The van der Waals surface area contributed by atoms with Gasteiger partial charge in [0.2, 0.25) is 4.83 Å². The van der Waals surface area contributed by atoms with Crippen molar-refractivity contribution >= 4 is 32.5 Å². The fraction of sp³-hybridized carbons (Fsp3) is 0.167. The highest BCUT2D eigenvalue weighted by atomic mass is 32.1. The minimum atomic E-state index is 0.880. The molecule has 0 unspecified atom stereocenters. The lowest BCUT2D eigenvalue weighted by atomic mass is 9.95. The third-order valence-corrected chi connectivity index (χ3v) is 5.52. The lowest BCUT2D eigenvalue weighted by molar-refractivity contribution is -0.662. The summed E-state index contributed by atoms with van der Waals surface area (Å²) in [5, 5.41) is 2.28. The maximum Gasteiger partial charge on any atom is 0.288 e. The SMILES string of the molecule is Cc1sc2nc[n+](C)c3c2c1Oc1cc2ncccc2c(C)c1-3. The van der Waals surface area contributed by atoms with Crippen LogP contribution in [0, 0.1) is 13.8 Å². The first kappa shape index (κ1) is 13.0. The number of pyridine rings is 1. The molecule has 0 bridgehead atoms. The van der Waals surface area contributed by atoms with Crippen LogP contribution in [0.2, 0.25) is 0 Å². The van der Waals surface area contributed by atoms with Gasteiger partial charge >= 0.3 is 0 Å². The van der Waals surface area contributed by atoms with Gasteiger partial charge in [0, 0.05) is 22.5 Å². The zero-order chi connectivity index (χ0) is 15.7. The zero-order valence-electron chi connectivity index (χ0n) is 13.0. The molecule has 112 valence electrons. The Morgan fingerprint density at radius 2 is 2.09 bits per heavy atom. The van der Waals surface area contributed by atoms with E-state index in [1.165, 1.54) is 11.3 Å². The highest BCUT2D eigenvalue weighted by Crippen LogP contribution is 2.51. The third-order valence-electron chi connectivity index (χ3n) is 4.53. The van der Waals surface area contributed by atoms with Gasteiger partial charge in [-0.05, 0) is 30.5 Å². The van der Waals surface area contributed by atoms with Crippen molar-refractivity contribution in [3.05, 3.63) is 41.2 Å². The summed E-state index contributed by atoms with van der Waals surface area (Å²) in [4.78, 5) is 11.2. The van der Waals surface area contributed by atoms with Gasteiger partial charge in [-0.15, -0.1) is 0 Å². The molecule has 4 heterocycles. The van der Waals surface area contributed by atoms with Gasteiger partial charge in [0.1, 0.15) is 11.1 Å². The van der Waals surface area contributed by atoms with Crippen LogP contribution in [0.5, 0.6) is 11.5 Å². The number of benzene rings is 1. The van der Waals surface area contributed by atoms with E-state index in [2.05, 4.69) is 34.4 Å². The highest BCUT2D eigenvalue weighted by molar-refractivity contribution is 7.19. The van der Waals surface area contributed by atoms with Gasteiger partial charge in [-0.3, -0.25) is 4.98 Å². The standard InChI is InChI=1S/C18H14N3OS/c1-9-11-5-4-6-19-12(11)7-13-14(9)16-15-17(22-13)10(2)23-18(15)20-8-21(16)3/h4-8H,1-3H3/q+1. The molecule has 4 aromatic rings. The van der Waals surface area contributed by atoms with E-state index in [0.29, 0.717) is 0 Å². The van der Waals surface area contributed by atoms with Gasteiger partial charge in [0.05, 0.1) is 18.1 Å². The molecule has 0 aliphatic carbocycles. The molecule has 1 aromatic carbocycles. The normalized spacial score (nSPS) is 12.5. The maximum absolute atomic E-state index is 6.28. The number of aromatic nitrogens is 3. The van der Waals surface area contributed by atoms with Crippen LogP contribution in [0.3, 0.4) is 0 Å². The number of thiophene rings is 1. The molecule has 23 heavy (non-hydrogen) atoms. The zero-order valence-corrected chi connectivity index (χ0v) is 13.9. The molecule has 0 N–H and O–H groups in total. The Hall–Kier alpha value is -2.53. The Kier molecular flexibility index (Phi) is 2.40. The minimum Gasteiger partial charge on any atom is -0.454 e. The van der Waals surface area contributed by atoms with E-state index in [-0.39, 0.29) is 0 Å². The van der Waals surface area contributed by atoms with E-state index in [4.69, 9.17) is 4.74 Å². The van der Waals surface area contributed by atoms with Crippen LogP contribution >= 0.6 is 11.3 Å². The number of nitrogens with zero attached hydrogens (tertiary/aromatic N) is 3. The molecule has 0 radical (unpaired) electrons. The Balaban J connectivity index is 2.02. The molecule has 5 heteroatoms. The molecule has 5 rings (SSSR count). The Morgan fingerprint density at radius 3 is 2.96 bits per heavy atom. The fourth-order valence-electron chi connectivity index (χ4n) is 3.46. The Bertz CT molecular complexity index is 1130. The lowest BCUT2D eigenvalue weighted by Crippen LogP contribution is -2.32. The maximum atomic E-state index is 6.28. The van der Waals surface area contributed by atoms with Crippen molar-refractivity contribution in [1.29, 1.82) is 0 Å². The summed E-state index contributed by atoms with van der Waals surface area (Å²) in [5.41, 5.74) is 4.49. The average Bonchev–Trinajstić information content (AvgIpc) is 2.87. The van der Waals surface area contributed by atoms with Gasteiger partial charge in [-0.2, -0.15) is 0 Å². The molecule has 0 fully saturated rings. The quantitative estimate of drug-likeness (QED) is 0.404. The second kappa shape index (κ2) is 4.26. The Labute approximate surface area is 137 Å². The molecule has 0 spiro atoms. The number of hydrogen-bond acceptors (Lipinski definition) is 4. The van der Waals surface area contributed by atoms with Gasteiger partial charge in [0.15, 0.2) is 11.4 Å². The van der Waals surface area contributed by atoms with Gasteiger partial charge in [0.25, 0.3) is 6.33 Å². The molecule has 1 aliphatic heterocycles. The predicted octanol–water partition coefficient (Wildman–Crippen LogP) is 4.06.